The molecule has 2 aromatic carbocycles. The Morgan fingerprint density at radius 1 is 1.11 bits per heavy atom. The van der Waals surface area contributed by atoms with Crippen LogP contribution in [0.5, 0.6) is 0 Å². The summed E-state index contributed by atoms with van der Waals surface area (Å²) >= 11 is 0. The maximum absolute atomic E-state index is 13.1. The molecule has 2 aromatic rings. The molecule has 0 saturated carbocycles. The lowest BCUT2D eigenvalue weighted by molar-refractivity contribution is -0.384. The van der Waals surface area contributed by atoms with Crippen molar-refractivity contribution in [2.24, 2.45) is 0 Å². The minimum atomic E-state index is -4.18. The van der Waals surface area contributed by atoms with Gasteiger partial charge in [0.15, 0.2) is 0 Å². The van der Waals surface area contributed by atoms with Crippen molar-refractivity contribution >= 4 is 39.3 Å². The van der Waals surface area contributed by atoms with Crippen molar-refractivity contribution in [3.8, 4) is 0 Å². The topological polar surface area (TPSA) is 214 Å². The van der Waals surface area contributed by atoms with Gasteiger partial charge in [0.05, 0.1) is 16.4 Å². The van der Waals surface area contributed by atoms with Crippen molar-refractivity contribution in [2.75, 3.05) is 18.8 Å². The largest absolute Gasteiger partial charge is 0.480 e. The van der Waals surface area contributed by atoms with Crippen LogP contribution in [0.1, 0.15) is 18.4 Å². The van der Waals surface area contributed by atoms with Crippen LogP contribution in [0.4, 0.5) is 16.2 Å². The lowest BCUT2D eigenvalue weighted by Crippen LogP contribution is -2.54. The molecule has 1 aliphatic rings. The van der Waals surface area contributed by atoms with Crippen molar-refractivity contribution in [3.05, 3.63) is 64.2 Å². The number of benzene rings is 2. The van der Waals surface area contributed by atoms with Crippen LogP contribution < -0.4 is 21.7 Å². The van der Waals surface area contributed by atoms with E-state index in [1.54, 1.807) is 24.3 Å². The first-order chi connectivity index (χ1) is 17.5. The number of carbonyl (C=O) groups excluding carboxylic acids is 2. The van der Waals surface area contributed by atoms with E-state index in [0.29, 0.717) is 12.1 Å². The number of nitrogens with zero attached hydrogens (tertiary/aromatic N) is 2. The molecular formula is C22H26N6O8S. The number of carbonyl (C=O) groups is 3. The summed E-state index contributed by atoms with van der Waals surface area (Å²) in [5.74, 6) is -2.26. The van der Waals surface area contributed by atoms with Gasteiger partial charge in [-0.25, -0.2) is 18.0 Å². The molecule has 37 heavy (non-hydrogen) atoms. The molecule has 0 radical (unpaired) electrons. The predicted molar refractivity (Wildman–Crippen MR) is 131 cm³/mol. The van der Waals surface area contributed by atoms with Crippen LogP contribution in [-0.2, 0) is 26.2 Å². The monoisotopic (exact) mass is 534 g/mol. The van der Waals surface area contributed by atoms with Gasteiger partial charge in [0, 0.05) is 30.9 Å². The molecule has 14 nitrogen and oxygen atoms in total. The maximum Gasteiger partial charge on any atom is 0.328 e. The Labute approximate surface area is 212 Å². The minimum absolute atomic E-state index is 0.0148. The fourth-order valence-corrected chi connectivity index (χ4v) is 5.36. The zero-order chi connectivity index (χ0) is 27.2. The van der Waals surface area contributed by atoms with Gasteiger partial charge >= 0.3 is 12.0 Å². The summed E-state index contributed by atoms with van der Waals surface area (Å²) in [6, 6.07) is 7.65. The Balaban J connectivity index is 1.60. The molecule has 1 heterocycles. The Bertz CT molecular complexity index is 1270. The highest BCUT2D eigenvalue weighted by atomic mass is 32.2. The first-order valence-electron chi connectivity index (χ1n) is 11.1. The number of rotatable bonds is 10. The van der Waals surface area contributed by atoms with Crippen LogP contribution in [0.3, 0.4) is 0 Å². The number of nitrogens with two attached hydrogens (primary N) is 1. The Morgan fingerprint density at radius 2 is 1.76 bits per heavy atom. The zero-order valence-electron chi connectivity index (χ0n) is 19.5. The molecule has 15 heteroatoms. The zero-order valence-corrected chi connectivity index (χ0v) is 20.3. The van der Waals surface area contributed by atoms with E-state index < -0.39 is 51.5 Å². The van der Waals surface area contributed by atoms with Gasteiger partial charge in [-0.05, 0) is 42.7 Å². The van der Waals surface area contributed by atoms with E-state index in [4.69, 9.17) is 5.73 Å². The van der Waals surface area contributed by atoms with Crippen molar-refractivity contribution in [3.63, 3.8) is 0 Å². The van der Waals surface area contributed by atoms with Gasteiger partial charge < -0.3 is 26.8 Å². The molecule has 0 aliphatic carbocycles. The number of nitro benzene ring substituents is 1. The summed E-state index contributed by atoms with van der Waals surface area (Å²) in [6.07, 6.45) is 0.508. The average molecular weight is 535 g/mol. The van der Waals surface area contributed by atoms with Gasteiger partial charge in [-0.15, -0.1) is 0 Å². The molecular weight excluding hydrogens is 508 g/mol. The van der Waals surface area contributed by atoms with Gasteiger partial charge in [0.25, 0.3) is 5.69 Å². The maximum atomic E-state index is 13.1. The fraction of sp³-hybridized carbons (Fsp3) is 0.318. The summed E-state index contributed by atoms with van der Waals surface area (Å²) in [6.45, 7) is -0.273. The standard InChI is InChI=1S/C22H26N6O8S/c23-15-5-3-14(4-6-15)12-24-22(32)25-13-18(21(30)31)26-20(29)19-2-1-11-27(19)37(35,36)17-9-7-16(8-10-17)28(33)34/h3-10,18-19H,1-2,11-13,23H2,(H,26,29)(H,30,31)(H2,24,25,32)/t18-,19-/m0/s1. The summed E-state index contributed by atoms with van der Waals surface area (Å²) in [4.78, 5) is 46.6. The second-order valence-corrected chi connectivity index (χ2v) is 10.1. The van der Waals surface area contributed by atoms with Crippen LogP contribution in [-0.4, -0.2) is 65.8 Å². The molecule has 1 aliphatic heterocycles. The van der Waals surface area contributed by atoms with Crippen LogP contribution >= 0.6 is 0 Å². The van der Waals surface area contributed by atoms with Crippen LogP contribution in [0.15, 0.2) is 53.4 Å². The molecule has 2 atom stereocenters. The third-order valence-corrected chi connectivity index (χ3v) is 7.60. The normalized spacial score (nSPS) is 16.5. The molecule has 0 aromatic heterocycles. The number of aliphatic carboxylic acids is 1. The molecule has 6 N–H and O–H groups in total. The Kier molecular flexibility index (Phi) is 8.62. The highest BCUT2D eigenvalue weighted by molar-refractivity contribution is 7.89. The number of carboxylic acids is 1. The highest BCUT2D eigenvalue weighted by Gasteiger charge is 2.40. The molecule has 0 spiro atoms. The van der Waals surface area contributed by atoms with Crippen molar-refractivity contribution in [2.45, 2.75) is 36.4 Å². The predicted octanol–water partition coefficient (Wildman–Crippen LogP) is 0.399. The van der Waals surface area contributed by atoms with Crippen LogP contribution in [0.25, 0.3) is 0 Å². The van der Waals surface area contributed by atoms with Gasteiger partial charge in [0.1, 0.15) is 12.1 Å². The second-order valence-electron chi connectivity index (χ2n) is 8.23. The number of nitro groups is 1. The van der Waals surface area contributed by atoms with Crippen molar-refractivity contribution < 1.29 is 32.8 Å². The van der Waals surface area contributed by atoms with Gasteiger partial charge in [-0.1, -0.05) is 12.1 Å². The number of non-ortho nitro benzene ring substituents is 1. The van der Waals surface area contributed by atoms with Crippen molar-refractivity contribution in [1.29, 1.82) is 0 Å². The SMILES string of the molecule is Nc1ccc(CNC(=O)NC[C@H](NC(=O)[C@@H]2CCCN2S(=O)(=O)c2ccc([N+](=O)[O-])cc2)C(=O)O)cc1. The Morgan fingerprint density at radius 3 is 2.35 bits per heavy atom. The van der Waals surface area contributed by atoms with Crippen LogP contribution in [0.2, 0.25) is 0 Å². The molecule has 1 fully saturated rings. The minimum Gasteiger partial charge on any atom is -0.480 e. The quantitative estimate of drug-likeness (QED) is 0.162. The number of hydrogen-bond donors (Lipinski definition) is 5. The second kappa shape index (κ2) is 11.7. The molecule has 1 saturated heterocycles. The van der Waals surface area contributed by atoms with E-state index in [1.165, 1.54) is 0 Å². The number of carboxylic acid groups (broad SMARTS) is 1. The first kappa shape index (κ1) is 27.3. The van der Waals surface area contributed by atoms with E-state index in [1.807, 2.05) is 0 Å². The molecule has 198 valence electrons. The Hall–Kier alpha value is -4.24. The lowest BCUT2D eigenvalue weighted by atomic mass is 10.2. The van der Waals surface area contributed by atoms with Crippen molar-refractivity contribution in [1.82, 2.24) is 20.3 Å². The number of urea groups is 1. The molecule has 3 rings (SSSR count). The lowest BCUT2D eigenvalue weighted by Gasteiger charge is -2.25. The number of sulfonamides is 1. The number of hydrogen-bond acceptors (Lipinski definition) is 8. The van der Waals surface area contributed by atoms with E-state index in [2.05, 4.69) is 16.0 Å². The van der Waals surface area contributed by atoms with E-state index in [0.717, 1.165) is 34.1 Å². The number of nitrogens with one attached hydrogen (secondary N) is 3. The van der Waals surface area contributed by atoms with E-state index >= 15 is 0 Å². The number of nitrogen functional groups attached to an aromatic ring is 1. The van der Waals surface area contributed by atoms with E-state index in [9.17, 15) is 38.0 Å². The van der Waals surface area contributed by atoms with Gasteiger partial charge in [-0.3, -0.25) is 14.9 Å². The first-order valence-corrected chi connectivity index (χ1v) is 12.6. The summed E-state index contributed by atoms with van der Waals surface area (Å²) in [7, 11) is -4.18. The fourth-order valence-electron chi connectivity index (χ4n) is 3.71. The third kappa shape index (κ3) is 6.92. The third-order valence-electron chi connectivity index (χ3n) is 5.67. The summed E-state index contributed by atoms with van der Waals surface area (Å²) in [5.41, 5.74) is 6.65. The number of amides is 3. The average Bonchev–Trinajstić information content (AvgIpc) is 3.37. The number of anilines is 1. The highest BCUT2D eigenvalue weighted by Crippen LogP contribution is 2.27. The summed E-state index contributed by atoms with van der Waals surface area (Å²) in [5, 5.41) is 27.5. The van der Waals surface area contributed by atoms with Gasteiger partial charge in [-0.2, -0.15) is 4.31 Å². The molecule has 0 bridgehead atoms. The van der Waals surface area contributed by atoms with Crippen LogP contribution in [0, 0.1) is 10.1 Å². The molecule has 0 unspecified atom stereocenters. The summed E-state index contributed by atoms with van der Waals surface area (Å²) < 4.78 is 27.1. The smallest absolute Gasteiger partial charge is 0.328 e. The molecule has 3 amide bonds. The van der Waals surface area contributed by atoms with E-state index in [-0.39, 0.29) is 30.1 Å². The van der Waals surface area contributed by atoms with Gasteiger partial charge in [0.2, 0.25) is 15.9 Å².